The topological polar surface area (TPSA) is 105 Å². The number of nitrogens with two attached hydrogens (primary N) is 1. The number of para-hydroxylation sites is 1. The van der Waals surface area contributed by atoms with Gasteiger partial charge in [-0.2, -0.15) is 5.11 Å². The van der Waals surface area contributed by atoms with Crippen LogP contribution in [0.15, 0.2) is 64.8 Å². The molecule has 0 radical (unpaired) electrons. The molecule has 24 heavy (non-hydrogen) atoms. The Morgan fingerprint density at radius 3 is 2.21 bits per heavy atom. The summed E-state index contributed by atoms with van der Waals surface area (Å²) in [6, 6.07) is 15.7. The Bertz CT molecular complexity index is 871. The Morgan fingerprint density at radius 2 is 1.58 bits per heavy atom. The van der Waals surface area contributed by atoms with E-state index in [0.717, 1.165) is 0 Å². The minimum absolute atomic E-state index is 0.00664. The van der Waals surface area contributed by atoms with Crippen molar-refractivity contribution in [2.24, 2.45) is 10.2 Å². The number of hydrogen-bond donors (Lipinski definition) is 3. The third kappa shape index (κ3) is 2.74. The van der Waals surface area contributed by atoms with E-state index in [0.29, 0.717) is 17.1 Å². The van der Waals surface area contributed by atoms with Gasteiger partial charge in [0.05, 0.1) is 18.5 Å². The lowest BCUT2D eigenvalue weighted by molar-refractivity contribution is 0.404. The van der Waals surface area contributed by atoms with Crippen molar-refractivity contribution in [1.82, 2.24) is 4.57 Å². The maximum atomic E-state index is 10.4. The number of ether oxygens (including phenoxy) is 1. The molecule has 0 aliphatic carbocycles. The summed E-state index contributed by atoms with van der Waals surface area (Å²) in [6.07, 6.45) is 0. The SMILES string of the molecule is COc1ccc(N=Nc2c(N)c(O)n(-c3ccccc3)c2O)cc1. The van der Waals surface area contributed by atoms with Gasteiger partial charge in [-0.05, 0) is 36.4 Å². The molecule has 0 atom stereocenters. The highest BCUT2D eigenvalue weighted by atomic mass is 16.5. The lowest BCUT2D eigenvalue weighted by Crippen LogP contribution is -1.92. The molecule has 0 amide bonds. The van der Waals surface area contributed by atoms with Crippen LogP contribution in [-0.4, -0.2) is 21.9 Å². The van der Waals surface area contributed by atoms with Crippen molar-refractivity contribution in [3.8, 4) is 23.2 Å². The van der Waals surface area contributed by atoms with Gasteiger partial charge in [0, 0.05) is 0 Å². The van der Waals surface area contributed by atoms with Crippen LogP contribution in [0.2, 0.25) is 0 Å². The number of nitrogen functional groups attached to an aromatic ring is 1. The van der Waals surface area contributed by atoms with Crippen LogP contribution in [-0.2, 0) is 0 Å². The van der Waals surface area contributed by atoms with E-state index < -0.39 is 0 Å². The lowest BCUT2D eigenvalue weighted by Gasteiger charge is -2.05. The van der Waals surface area contributed by atoms with E-state index in [1.54, 1.807) is 55.6 Å². The van der Waals surface area contributed by atoms with Gasteiger partial charge >= 0.3 is 0 Å². The molecule has 0 aliphatic rings. The summed E-state index contributed by atoms with van der Waals surface area (Å²) in [7, 11) is 1.57. The van der Waals surface area contributed by atoms with Gasteiger partial charge in [0.2, 0.25) is 11.8 Å². The molecular weight excluding hydrogens is 308 g/mol. The van der Waals surface area contributed by atoms with Crippen LogP contribution in [0.5, 0.6) is 17.5 Å². The smallest absolute Gasteiger partial charge is 0.229 e. The molecule has 1 heterocycles. The van der Waals surface area contributed by atoms with Crippen LogP contribution >= 0.6 is 0 Å². The summed E-state index contributed by atoms with van der Waals surface area (Å²) in [5.41, 5.74) is 6.92. The number of aromatic nitrogens is 1. The van der Waals surface area contributed by atoms with Crippen LogP contribution in [0.3, 0.4) is 0 Å². The van der Waals surface area contributed by atoms with Crippen LogP contribution < -0.4 is 10.5 Å². The summed E-state index contributed by atoms with van der Waals surface area (Å²) in [5, 5.41) is 28.5. The fourth-order valence-corrected chi connectivity index (χ4v) is 2.23. The van der Waals surface area contributed by atoms with Gasteiger partial charge in [0.1, 0.15) is 11.4 Å². The molecule has 0 unspecified atom stereocenters. The first-order valence-electron chi connectivity index (χ1n) is 7.15. The second-order valence-corrected chi connectivity index (χ2v) is 4.98. The van der Waals surface area contributed by atoms with Crippen molar-refractivity contribution in [2.75, 3.05) is 12.8 Å². The molecular formula is C17H16N4O3. The van der Waals surface area contributed by atoms with Gasteiger partial charge in [-0.1, -0.05) is 18.2 Å². The van der Waals surface area contributed by atoms with E-state index in [-0.39, 0.29) is 23.1 Å². The summed E-state index contributed by atoms with van der Waals surface area (Å²) >= 11 is 0. The Morgan fingerprint density at radius 1 is 0.917 bits per heavy atom. The molecule has 122 valence electrons. The van der Waals surface area contributed by atoms with E-state index in [2.05, 4.69) is 10.2 Å². The first-order chi connectivity index (χ1) is 11.6. The van der Waals surface area contributed by atoms with Crippen molar-refractivity contribution in [3.63, 3.8) is 0 Å². The fourth-order valence-electron chi connectivity index (χ4n) is 2.23. The molecule has 3 aromatic rings. The molecule has 2 aromatic carbocycles. The average Bonchev–Trinajstić information content (AvgIpc) is 2.83. The molecule has 7 nitrogen and oxygen atoms in total. The zero-order chi connectivity index (χ0) is 17.1. The molecule has 4 N–H and O–H groups in total. The minimum Gasteiger partial charge on any atom is -0.497 e. The molecule has 3 rings (SSSR count). The van der Waals surface area contributed by atoms with Crippen molar-refractivity contribution in [1.29, 1.82) is 0 Å². The fraction of sp³-hybridized carbons (Fsp3) is 0.0588. The molecule has 0 aliphatic heterocycles. The molecule has 0 bridgehead atoms. The quantitative estimate of drug-likeness (QED) is 0.633. The first-order valence-corrected chi connectivity index (χ1v) is 7.15. The average molecular weight is 324 g/mol. The number of hydrogen-bond acceptors (Lipinski definition) is 6. The van der Waals surface area contributed by atoms with Gasteiger partial charge in [0.15, 0.2) is 5.69 Å². The van der Waals surface area contributed by atoms with Gasteiger partial charge in [-0.3, -0.25) is 0 Å². The Hall–Kier alpha value is -3.48. The van der Waals surface area contributed by atoms with Crippen molar-refractivity contribution >= 4 is 17.1 Å². The van der Waals surface area contributed by atoms with Crippen molar-refractivity contribution < 1.29 is 14.9 Å². The maximum Gasteiger partial charge on any atom is 0.229 e. The van der Waals surface area contributed by atoms with Crippen LogP contribution in [0.1, 0.15) is 0 Å². The van der Waals surface area contributed by atoms with Crippen LogP contribution in [0, 0.1) is 0 Å². The molecule has 0 spiro atoms. The van der Waals surface area contributed by atoms with Gasteiger partial charge in [0.25, 0.3) is 0 Å². The van der Waals surface area contributed by atoms with Crippen molar-refractivity contribution in [2.45, 2.75) is 0 Å². The van der Waals surface area contributed by atoms with Gasteiger partial charge < -0.3 is 20.7 Å². The normalized spacial score (nSPS) is 11.0. The standard InChI is InChI=1S/C17H16N4O3/c1-24-13-9-7-11(8-10-13)19-20-15-14(18)16(22)21(17(15)23)12-5-3-2-4-6-12/h2-10,22-23H,18H2,1H3. The maximum absolute atomic E-state index is 10.4. The third-order valence-corrected chi connectivity index (χ3v) is 3.48. The minimum atomic E-state index is -0.289. The summed E-state index contributed by atoms with van der Waals surface area (Å²) in [5.74, 6) is 0.125. The van der Waals surface area contributed by atoms with E-state index in [9.17, 15) is 10.2 Å². The van der Waals surface area contributed by atoms with E-state index in [1.165, 1.54) is 4.57 Å². The van der Waals surface area contributed by atoms with Crippen LogP contribution in [0.25, 0.3) is 5.69 Å². The van der Waals surface area contributed by atoms with E-state index >= 15 is 0 Å². The second-order valence-electron chi connectivity index (χ2n) is 4.98. The van der Waals surface area contributed by atoms with E-state index in [1.807, 2.05) is 6.07 Å². The number of azo groups is 1. The van der Waals surface area contributed by atoms with Crippen LogP contribution in [0.4, 0.5) is 17.1 Å². The molecule has 0 fully saturated rings. The molecule has 7 heteroatoms. The summed E-state index contributed by atoms with van der Waals surface area (Å²) < 4.78 is 6.28. The molecule has 0 saturated heterocycles. The number of methoxy groups -OCH3 is 1. The number of anilines is 1. The second kappa shape index (κ2) is 6.33. The monoisotopic (exact) mass is 324 g/mol. The molecule has 0 saturated carbocycles. The number of benzene rings is 2. The highest BCUT2D eigenvalue weighted by molar-refractivity contribution is 5.77. The number of rotatable bonds is 4. The first kappa shape index (κ1) is 15.4. The Balaban J connectivity index is 1.98. The van der Waals surface area contributed by atoms with Gasteiger partial charge in [-0.15, -0.1) is 5.11 Å². The number of nitrogens with zero attached hydrogens (tertiary/aromatic N) is 3. The van der Waals surface area contributed by atoms with Gasteiger partial charge in [-0.25, -0.2) is 4.57 Å². The highest BCUT2D eigenvalue weighted by Gasteiger charge is 2.21. The predicted octanol–water partition coefficient (Wildman–Crippen LogP) is 3.89. The number of aromatic hydroxyl groups is 2. The highest BCUT2D eigenvalue weighted by Crippen LogP contribution is 2.45. The largest absolute Gasteiger partial charge is 0.497 e. The predicted molar refractivity (Wildman–Crippen MR) is 90.7 cm³/mol. The Kier molecular flexibility index (Phi) is 4.07. The lowest BCUT2D eigenvalue weighted by atomic mass is 10.3. The zero-order valence-electron chi connectivity index (χ0n) is 12.9. The summed E-state index contributed by atoms with van der Waals surface area (Å²) in [4.78, 5) is 0. The third-order valence-electron chi connectivity index (χ3n) is 3.48. The Labute approximate surface area is 138 Å². The summed E-state index contributed by atoms with van der Waals surface area (Å²) in [6.45, 7) is 0. The molecule has 1 aromatic heterocycles. The van der Waals surface area contributed by atoms with E-state index in [4.69, 9.17) is 10.5 Å². The van der Waals surface area contributed by atoms with Crippen molar-refractivity contribution in [3.05, 3.63) is 54.6 Å². The zero-order valence-corrected chi connectivity index (χ0v) is 12.9.